The van der Waals surface area contributed by atoms with Crippen LogP contribution in [0.2, 0.25) is 0 Å². The minimum Gasteiger partial charge on any atom is -0.496 e. The van der Waals surface area contributed by atoms with Crippen molar-refractivity contribution in [1.29, 1.82) is 0 Å². The van der Waals surface area contributed by atoms with Crippen molar-refractivity contribution in [1.82, 2.24) is 5.32 Å². The van der Waals surface area contributed by atoms with E-state index >= 15 is 0 Å². The van der Waals surface area contributed by atoms with Gasteiger partial charge in [-0.3, -0.25) is 0 Å². The fourth-order valence-electron chi connectivity index (χ4n) is 1.87. The Morgan fingerprint density at radius 3 is 2.22 bits per heavy atom. The van der Waals surface area contributed by atoms with E-state index in [1.807, 2.05) is 0 Å². The van der Waals surface area contributed by atoms with Gasteiger partial charge in [-0.25, -0.2) is 0 Å². The second-order valence-corrected chi connectivity index (χ2v) is 3.76. The van der Waals surface area contributed by atoms with E-state index in [9.17, 15) is 13.2 Å². The van der Waals surface area contributed by atoms with Crippen molar-refractivity contribution in [3.8, 4) is 5.75 Å². The van der Waals surface area contributed by atoms with Gasteiger partial charge in [-0.15, -0.1) is 0 Å². The first-order chi connectivity index (χ1) is 8.43. The molecule has 6 heteroatoms. The summed E-state index contributed by atoms with van der Waals surface area (Å²) in [5.74, 6) is 0.145. The van der Waals surface area contributed by atoms with Gasteiger partial charge >= 0.3 is 6.18 Å². The summed E-state index contributed by atoms with van der Waals surface area (Å²) in [6, 6.07) is 5.96. The third-order valence-electron chi connectivity index (χ3n) is 2.77. The molecule has 1 atom stereocenters. The first kappa shape index (κ1) is 14.8. The SMILES string of the molecule is CNCC(OC)(c1ccccc1OC)C(F)(F)F. The molecule has 0 heterocycles. The number of benzene rings is 1. The van der Waals surface area contributed by atoms with Crippen LogP contribution >= 0.6 is 0 Å². The largest absolute Gasteiger partial charge is 0.496 e. The number of halogens is 3. The Labute approximate surface area is 104 Å². The smallest absolute Gasteiger partial charge is 0.423 e. The predicted octanol–water partition coefficient (Wildman–Crippen LogP) is 2.32. The zero-order chi connectivity index (χ0) is 13.8. The van der Waals surface area contributed by atoms with E-state index in [1.54, 1.807) is 6.07 Å². The fourth-order valence-corrected chi connectivity index (χ4v) is 1.87. The van der Waals surface area contributed by atoms with Crippen LogP contribution in [0.4, 0.5) is 13.2 Å². The highest BCUT2D eigenvalue weighted by Crippen LogP contribution is 2.44. The Morgan fingerprint density at radius 2 is 1.78 bits per heavy atom. The maximum absolute atomic E-state index is 13.3. The third kappa shape index (κ3) is 2.44. The number of nitrogens with one attached hydrogen (secondary N) is 1. The van der Waals surface area contributed by atoms with Gasteiger partial charge in [0.15, 0.2) is 0 Å². The number of rotatable bonds is 5. The molecule has 1 aromatic rings. The van der Waals surface area contributed by atoms with E-state index in [-0.39, 0.29) is 11.3 Å². The Morgan fingerprint density at radius 1 is 1.17 bits per heavy atom. The molecule has 1 N–H and O–H groups in total. The lowest BCUT2D eigenvalue weighted by Gasteiger charge is -2.35. The number of likely N-dealkylation sites (N-methyl/N-ethyl adjacent to an activating group) is 1. The van der Waals surface area contributed by atoms with E-state index in [1.165, 1.54) is 32.4 Å². The molecular formula is C12H16F3NO2. The molecule has 0 saturated heterocycles. The number of alkyl halides is 3. The topological polar surface area (TPSA) is 30.5 Å². The first-order valence-corrected chi connectivity index (χ1v) is 5.33. The van der Waals surface area contributed by atoms with Crippen molar-refractivity contribution >= 4 is 0 Å². The molecule has 0 radical (unpaired) electrons. The van der Waals surface area contributed by atoms with Gasteiger partial charge < -0.3 is 14.8 Å². The monoisotopic (exact) mass is 263 g/mol. The molecule has 1 rings (SSSR count). The lowest BCUT2D eigenvalue weighted by atomic mass is 9.91. The van der Waals surface area contributed by atoms with E-state index in [2.05, 4.69) is 5.32 Å². The molecule has 1 aromatic carbocycles. The van der Waals surface area contributed by atoms with Gasteiger partial charge in [0.05, 0.1) is 7.11 Å². The standard InChI is InChI=1S/C12H16F3NO2/c1-16-8-11(18-3,12(13,14)15)9-6-4-5-7-10(9)17-2/h4-7,16H,8H2,1-3H3. The zero-order valence-corrected chi connectivity index (χ0v) is 10.5. The average Bonchev–Trinajstić information content (AvgIpc) is 2.34. The molecule has 102 valence electrons. The predicted molar refractivity (Wildman–Crippen MR) is 61.7 cm³/mol. The second-order valence-electron chi connectivity index (χ2n) is 3.76. The summed E-state index contributed by atoms with van der Waals surface area (Å²) >= 11 is 0. The summed E-state index contributed by atoms with van der Waals surface area (Å²) < 4.78 is 49.8. The van der Waals surface area contributed by atoms with Gasteiger partial charge in [-0.2, -0.15) is 13.2 Å². The molecule has 18 heavy (non-hydrogen) atoms. The molecular weight excluding hydrogens is 247 g/mol. The summed E-state index contributed by atoms with van der Waals surface area (Å²) in [6.07, 6.45) is -4.56. The van der Waals surface area contributed by atoms with Crippen molar-refractivity contribution in [3.05, 3.63) is 29.8 Å². The van der Waals surface area contributed by atoms with Crippen LogP contribution in [0.1, 0.15) is 5.56 Å². The minimum atomic E-state index is -4.56. The van der Waals surface area contributed by atoms with E-state index < -0.39 is 18.3 Å². The first-order valence-electron chi connectivity index (χ1n) is 5.33. The number of hydrogen-bond acceptors (Lipinski definition) is 3. The van der Waals surface area contributed by atoms with Crippen LogP contribution in [0.25, 0.3) is 0 Å². The summed E-state index contributed by atoms with van der Waals surface area (Å²) in [5.41, 5.74) is -2.47. The molecule has 0 bridgehead atoms. The van der Waals surface area contributed by atoms with Gasteiger partial charge in [-0.1, -0.05) is 18.2 Å². The van der Waals surface area contributed by atoms with Crippen molar-refractivity contribution in [3.63, 3.8) is 0 Å². The number of ether oxygens (including phenoxy) is 2. The Hall–Kier alpha value is -1.27. The van der Waals surface area contributed by atoms with Crippen LogP contribution in [-0.4, -0.2) is 34.0 Å². The molecule has 1 unspecified atom stereocenters. The van der Waals surface area contributed by atoms with Crippen molar-refractivity contribution in [2.24, 2.45) is 0 Å². The highest BCUT2D eigenvalue weighted by atomic mass is 19.4. The van der Waals surface area contributed by atoms with Crippen molar-refractivity contribution in [2.75, 3.05) is 27.8 Å². The highest BCUT2D eigenvalue weighted by molar-refractivity contribution is 5.39. The molecule has 0 aliphatic rings. The Balaban J connectivity index is 3.42. The molecule has 0 amide bonds. The second kappa shape index (κ2) is 5.58. The lowest BCUT2D eigenvalue weighted by molar-refractivity contribution is -0.274. The summed E-state index contributed by atoms with van der Waals surface area (Å²) in [4.78, 5) is 0. The van der Waals surface area contributed by atoms with Gasteiger partial charge in [0.1, 0.15) is 5.75 Å². The van der Waals surface area contributed by atoms with Crippen molar-refractivity contribution in [2.45, 2.75) is 11.8 Å². The van der Waals surface area contributed by atoms with Crippen LogP contribution in [0, 0.1) is 0 Å². The minimum absolute atomic E-state index is 0.0446. The normalized spacial score (nSPS) is 15.2. The average molecular weight is 263 g/mol. The van der Waals surface area contributed by atoms with Crippen LogP contribution < -0.4 is 10.1 Å². The van der Waals surface area contributed by atoms with Gasteiger partial charge in [0, 0.05) is 19.2 Å². The number of hydrogen-bond donors (Lipinski definition) is 1. The Bertz CT molecular complexity index is 395. The molecule has 3 nitrogen and oxygen atoms in total. The molecule has 0 aliphatic carbocycles. The van der Waals surface area contributed by atoms with Gasteiger partial charge in [-0.05, 0) is 13.1 Å². The van der Waals surface area contributed by atoms with Gasteiger partial charge in [0.25, 0.3) is 0 Å². The van der Waals surface area contributed by atoms with E-state index in [4.69, 9.17) is 9.47 Å². The third-order valence-corrected chi connectivity index (χ3v) is 2.77. The van der Waals surface area contributed by atoms with Crippen LogP contribution in [0.3, 0.4) is 0 Å². The quantitative estimate of drug-likeness (QED) is 0.884. The summed E-state index contributed by atoms with van der Waals surface area (Å²) in [7, 11) is 3.81. The fraction of sp³-hybridized carbons (Fsp3) is 0.500. The highest BCUT2D eigenvalue weighted by Gasteiger charge is 2.57. The summed E-state index contributed by atoms with van der Waals surface area (Å²) in [6.45, 7) is -0.395. The number of methoxy groups -OCH3 is 2. The molecule has 0 saturated carbocycles. The Kier molecular flexibility index (Phi) is 4.59. The molecule has 0 aromatic heterocycles. The maximum Gasteiger partial charge on any atom is 0.423 e. The van der Waals surface area contributed by atoms with Crippen LogP contribution in [0.5, 0.6) is 5.75 Å². The van der Waals surface area contributed by atoms with Gasteiger partial charge in [0.2, 0.25) is 5.60 Å². The lowest BCUT2D eigenvalue weighted by Crippen LogP contribution is -2.50. The molecule has 0 fully saturated rings. The van der Waals surface area contributed by atoms with Crippen LogP contribution in [0.15, 0.2) is 24.3 Å². The molecule has 0 spiro atoms. The zero-order valence-electron chi connectivity index (χ0n) is 10.5. The number of para-hydroxylation sites is 1. The van der Waals surface area contributed by atoms with E-state index in [0.717, 1.165) is 7.11 Å². The molecule has 0 aliphatic heterocycles. The summed E-state index contributed by atoms with van der Waals surface area (Å²) in [5, 5.41) is 2.52. The van der Waals surface area contributed by atoms with Crippen LogP contribution in [-0.2, 0) is 10.3 Å². The van der Waals surface area contributed by atoms with E-state index in [0.29, 0.717) is 0 Å². The maximum atomic E-state index is 13.3. The van der Waals surface area contributed by atoms with Crippen molar-refractivity contribution < 1.29 is 22.6 Å².